The van der Waals surface area contributed by atoms with Gasteiger partial charge in [-0.1, -0.05) is 45.3 Å². The predicted molar refractivity (Wildman–Crippen MR) is 72.5 cm³/mol. The second-order valence-corrected chi connectivity index (χ2v) is 8.21. The smallest absolute Gasteiger partial charge is 0.324 e. The maximum absolute atomic E-state index is 11.3. The van der Waals surface area contributed by atoms with Gasteiger partial charge in [-0.2, -0.15) is 0 Å². The first-order chi connectivity index (χ1) is 8.05. The van der Waals surface area contributed by atoms with Gasteiger partial charge in [0.15, 0.2) is 0 Å². The van der Waals surface area contributed by atoms with Crippen LogP contribution in [0.5, 0.6) is 0 Å². The van der Waals surface area contributed by atoms with E-state index >= 15 is 0 Å². The monoisotopic (exact) mass is 272 g/mol. The molecular weight excluding hydrogens is 254 g/mol. The molecule has 5 heteroatoms. The summed E-state index contributed by atoms with van der Waals surface area (Å²) in [5.41, 5.74) is 0.0428. The van der Waals surface area contributed by atoms with Crippen LogP contribution in [0.15, 0.2) is 30.3 Å². The summed E-state index contributed by atoms with van der Waals surface area (Å²) in [6.07, 6.45) is 3.40. The lowest BCUT2D eigenvalue weighted by atomic mass is 10.00. The Morgan fingerprint density at radius 3 is 2.53 bits per heavy atom. The van der Waals surface area contributed by atoms with Gasteiger partial charge in [0, 0.05) is 0 Å². The van der Waals surface area contributed by atoms with Gasteiger partial charge in [0.2, 0.25) is 0 Å². The van der Waals surface area contributed by atoms with Gasteiger partial charge in [0.05, 0.1) is 5.66 Å². The lowest BCUT2D eigenvalue weighted by molar-refractivity contribution is 0.338. The van der Waals surface area contributed by atoms with E-state index < -0.39 is 13.3 Å². The lowest BCUT2D eigenvalue weighted by Gasteiger charge is -2.29. The maximum Gasteiger partial charge on any atom is 0.328 e. The average Bonchev–Trinajstić information content (AvgIpc) is 2.29. The van der Waals surface area contributed by atoms with E-state index in [9.17, 15) is 14.4 Å². The molecule has 1 aromatic carbocycles. The van der Waals surface area contributed by atoms with Crippen LogP contribution < -0.4 is 5.30 Å². The molecule has 0 spiro atoms. The van der Waals surface area contributed by atoms with Crippen LogP contribution in [0.1, 0.15) is 25.7 Å². The van der Waals surface area contributed by atoms with Gasteiger partial charge in [-0.05, 0) is 30.2 Å². The molecule has 94 valence electrons. The van der Waals surface area contributed by atoms with E-state index in [2.05, 4.69) is 12.1 Å². The Kier molecular flexibility index (Phi) is 4.38. The molecule has 3 atom stereocenters. The van der Waals surface area contributed by atoms with Crippen molar-refractivity contribution >= 4 is 21.5 Å². The molecule has 0 bridgehead atoms. The lowest BCUT2D eigenvalue weighted by Crippen LogP contribution is -2.22. The molecule has 3 unspecified atom stereocenters. The third kappa shape index (κ3) is 3.89. The third-order valence-electron chi connectivity index (χ3n) is 3.27. The minimum atomic E-state index is -3.88. The Morgan fingerprint density at radius 2 is 1.88 bits per heavy atom. The van der Waals surface area contributed by atoms with Crippen molar-refractivity contribution in [3.8, 4) is 0 Å². The van der Waals surface area contributed by atoms with Crippen molar-refractivity contribution in [2.75, 3.05) is 0 Å². The zero-order valence-electron chi connectivity index (χ0n) is 9.62. The van der Waals surface area contributed by atoms with Crippen molar-refractivity contribution in [3.63, 3.8) is 0 Å². The Bertz CT molecular complexity index is 401. The van der Waals surface area contributed by atoms with E-state index in [-0.39, 0.29) is 0 Å². The first-order valence-electron chi connectivity index (χ1n) is 5.92. The second kappa shape index (κ2) is 5.63. The summed E-state index contributed by atoms with van der Waals surface area (Å²) >= 11 is 0. The molecule has 0 amide bonds. The molecule has 0 heterocycles. The van der Waals surface area contributed by atoms with Crippen LogP contribution in [0, 0.1) is 0 Å². The van der Waals surface area contributed by atoms with Gasteiger partial charge in [0.25, 0.3) is 0 Å². The van der Waals surface area contributed by atoms with Gasteiger partial charge in [-0.3, -0.25) is 4.57 Å². The summed E-state index contributed by atoms with van der Waals surface area (Å²) in [5.74, 6) is 0. The minimum absolute atomic E-state index is 0.405. The molecule has 2 rings (SSSR count). The molecule has 2 N–H and O–H groups in total. The molecule has 1 aliphatic rings. The SMILES string of the molecule is O=P(O)(O)C1CCCC(Pc2ccccc2)C1. The van der Waals surface area contributed by atoms with Crippen molar-refractivity contribution < 1.29 is 14.4 Å². The summed E-state index contributed by atoms with van der Waals surface area (Å²) in [6.45, 7) is 0. The van der Waals surface area contributed by atoms with E-state index in [0.717, 1.165) is 12.8 Å². The second-order valence-electron chi connectivity index (χ2n) is 4.62. The van der Waals surface area contributed by atoms with Crippen LogP contribution in [0.3, 0.4) is 0 Å². The van der Waals surface area contributed by atoms with Crippen LogP contribution >= 0.6 is 16.2 Å². The number of benzene rings is 1. The minimum Gasteiger partial charge on any atom is -0.324 e. The maximum atomic E-state index is 11.3. The van der Waals surface area contributed by atoms with Gasteiger partial charge < -0.3 is 9.79 Å². The van der Waals surface area contributed by atoms with Crippen molar-refractivity contribution in [2.24, 2.45) is 0 Å². The fourth-order valence-electron chi connectivity index (χ4n) is 2.37. The third-order valence-corrected chi connectivity index (χ3v) is 6.29. The van der Waals surface area contributed by atoms with Gasteiger partial charge in [-0.25, -0.2) is 0 Å². The summed E-state index contributed by atoms with van der Waals surface area (Å²) in [7, 11) is -3.20. The van der Waals surface area contributed by atoms with E-state index in [4.69, 9.17) is 0 Å². The van der Waals surface area contributed by atoms with E-state index in [1.165, 1.54) is 5.30 Å². The molecule has 1 aromatic rings. The molecule has 17 heavy (non-hydrogen) atoms. The Labute approximate surface area is 104 Å². The molecule has 1 fully saturated rings. The number of hydrogen-bond acceptors (Lipinski definition) is 1. The standard InChI is InChI=1S/C12H18O3P2/c13-17(14,15)12-8-4-7-11(9-12)16-10-5-2-1-3-6-10/h1-3,5-6,11-12,16H,4,7-9H2,(H2,13,14,15). The highest BCUT2D eigenvalue weighted by Crippen LogP contribution is 2.50. The summed E-state index contributed by atoms with van der Waals surface area (Å²) in [6, 6.07) is 10.2. The van der Waals surface area contributed by atoms with Crippen molar-refractivity contribution in [1.29, 1.82) is 0 Å². The van der Waals surface area contributed by atoms with Crippen LogP contribution in [-0.2, 0) is 4.57 Å². The zero-order chi connectivity index (χ0) is 12.3. The molecule has 1 saturated carbocycles. The van der Waals surface area contributed by atoms with Crippen LogP contribution in [0.2, 0.25) is 0 Å². The van der Waals surface area contributed by atoms with E-state index in [1.807, 2.05) is 18.2 Å². The van der Waals surface area contributed by atoms with E-state index in [0.29, 0.717) is 27.1 Å². The highest BCUT2D eigenvalue weighted by molar-refractivity contribution is 7.52. The molecule has 3 nitrogen and oxygen atoms in total. The summed E-state index contributed by atoms with van der Waals surface area (Å²) < 4.78 is 11.3. The number of rotatable bonds is 3. The highest BCUT2D eigenvalue weighted by atomic mass is 31.2. The Hall–Kier alpha value is -0.200. The molecule has 0 saturated heterocycles. The molecule has 0 aromatic heterocycles. The molecule has 1 aliphatic carbocycles. The molecule has 0 radical (unpaired) electrons. The summed E-state index contributed by atoms with van der Waals surface area (Å²) in [4.78, 5) is 18.5. The normalized spacial score (nSPS) is 26.5. The summed E-state index contributed by atoms with van der Waals surface area (Å²) in [5, 5.41) is 1.30. The van der Waals surface area contributed by atoms with Crippen molar-refractivity contribution in [1.82, 2.24) is 0 Å². The number of hydrogen-bond donors (Lipinski definition) is 2. The molecule has 0 aliphatic heterocycles. The zero-order valence-corrected chi connectivity index (χ0v) is 11.5. The van der Waals surface area contributed by atoms with Crippen molar-refractivity contribution in [2.45, 2.75) is 37.0 Å². The van der Waals surface area contributed by atoms with E-state index in [1.54, 1.807) is 0 Å². The first kappa shape index (κ1) is 13.2. The molecular formula is C12H18O3P2. The van der Waals surface area contributed by atoms with Crippen LogP contribution in [-0.4, -0.2) is 21.1 Å². The van der Waals surface area contributed by atoms with Gasteiger partial charge in [-0.15, -0.1) is 0 Å². The van der Waals surface area contributed by atoms with Crippen LogP contribution in [0.25, 0.3) is 0 Å². The van der Waals surface area contributed by atoms with Crippen molar-refractivity contribution in [3.05, 3.63) is 30.3 Å². The Balaban J connectivity index is 1.97. The first-order valence-corrected chi connectivity index (χ1v) is 8.68. The fraction of sp³-hybridized carbons (Fsp3) is 0.500. The highest BCUT2D eigenvalue weighted by Gasteiger charge is 2.33. The largest absolute Gasteiger partial charge is 0.328 e. The topological polar surface area (TPSA) is 57.5 Å². The van der Waals surface area contributed by atoms with Gasteiger partial charge in [0.1, 0.15) is 0 Å². The quantitative estimate of drug-likeness (QED) is 0.831. The predicted octanol–water partition coefficient (Wildman–Crippen LogP) is 2.48. The Morgan fingerprint density at radius 1 is 1.18 bits per heavy atom. The van der Waals surface area contributed by atoms with Gasteiger partial charge >= 0.3 is 7.60 Å². The van der Waals surface area contributed by atoms with Crippen LogP contribution in [0.4, 0.5) is 0 Å². The fourth-order valence-corrected chi connectivity index (χ4v) is 5.22. The average molecular weight is 272 g/mol.